The van der Waals surface area contributed by atoms with Crippen molar-refractivity contribution in [2.45, 2.75) is 19.0 Å². The SMILES string of the molecule is C=C1N(CCCO)C(=O)c2c(ncc(Oc3cncc(C(F)(F)F)c3)c2Cc2ccc(Cl)cc2)N1C. The monoisotopic (exact) mass is 518 g/mol. The maximum atomic E-state index is 13.6. The summed E-state index contributed by atoms with van der Waals surface area (Å²) in [6.07, 6.45) is -0.826. The van der Waals surface area contributed by atoms with Gasteiger partial charge in [0, 0.05) is 43.4 Å². The molecule has 0 aliphatic carbocycles. The average molecular weight is 519 g/mol. The number of aliphatic hydroxyl groups is 1. The van der Waals surface area contributed by atoms with Gasteiger partial charge in [0.05, 0.1) is 23.5 Å². The molecule has 11 heteroatoms. The number of aliphatic hydroxyl groups excluding tert-OH is 1. The smallest absolute Gasteiger partial charge is 0.418 e. The predicted octanol–water partition coefficient (Wildman–Crippen LogP) is 5.28. The van der Waals surface area contributed by atoms with E-state index < -0.39 is 17.6 Å². The van der Waals surface area contributed by atoms with E-state index in [1.165, 1.54) is 11.1 Å². The number of alkyl halides is 3. The zero-order valence-corrected chi connectivity index (χ0v) is 20.0. The van der Waals surface area contributed by atoms with Crippen LogP contribution in [-0.4, -0.2) is 46.1 Å². The van der Waals surface area contributed by atoms with Gasteiger partial charge in [-0.25, -0.2) is 4.98 Å². The zero-order valence-electron chi connectivity index (χ0n) is 19.2. The second-order valence-electron chi connectivity index (χ2n) is 8.12. The number of benzene rings is 1. The van der Waals surface area contributed by atoms with E-state index in [-0.39, 0.29) is 36.6 Å². The summed E-state index contributed by atoms with van der Waals surface area (Å²) in [5.41, 5.74) is 0.488. The Kier molecular flexibility index (Phi) is 7.18. The Bertz CT molecular complexity index is 1300. The van der Waals surface area contributed by atoms with Crippen LogP contribution >= 0.6 is 11.6 Å². The van der Waals surface area contributed by atoms with Crippen LogP contribution in [0.4, 0.5) is 19.0 Å². The number of nitrogens with zero attached hydrogens (tertiary/aromatic N) is 4. The van der Waals surface area contributed by atoms with Gasteiger partial charge in [-0.15, -0.1) is 0 Å². The molecule has 0 saturated heterocycles. The minimum absolute atomic E-state index is 0.112. The number of hydrogen-bond donors (Lipinski definition) is 1. The van der Waals surface area contributed by atoms with Gasteiger partial charge < -0.3 is 14.7 Å². The second kappa shape index (κ2) is 10.2. The highest BCUT2D eigenvalue weighted by molar-refractivity contribution is 6.30. The highest BCUT2D eigenvalue weighted by Crippen LogP contribution is 2.39. The fourth-order valence-electron chi connectivity index (χ4n) is 3.84. The number of pyridine rings is 2. The van der Waals surface area contributed by atoms with Crippen molar-refractivity contribution in [2.24, 2.45) is 0 Å². The molecule has 0 spiro atoms. The van der Waals surface area contributed by atoms with E-state index in [0.717, 1.165) is 17.8 Å². The van der Waals surface area contributed by atoms with Crippen LogP contribution in [0.1, 0.15) is 33.5 Å². The van der Waals surface area contributed by atoms with Crippen LogP contribution in [-0.2, 0) is 12.6 Å². The maximum absolute atomic E-state index is 13.6. The summed E-state index contributed by atoms with van der Waals surface area (Å²) in [5, 5.41) is 9.81. The first-order valence-electron chi connectivity index (χ1n) is 10.9. The summed E-state index contributed by atoms with van der Waals surface area (Å²) in [7, 11) is 1.70. The molecule has 1 aliphatic heterocycles. The molecule has 188 valence electrons. The average Bonchev–Trinajstić information content (AvgIpc) is 2.84. The van der Waals surface area contributed by atoms with Crippen LogP contribution in [0.15, 0.2) is 61.3 Å². The van der Waals surface area contributed by atoms with Gasteiger partial charge in [-0.1, -0.05) is 30.3 Å². The number of aromatic nitrogens is 2. The number of fused-ring (bicyclic) bond motifs is 1. The molecule has 0 fully saturated rings. The highest BCUT2D eigenvalue weighted by atomic mass is 35.5. The fraction of sp³-hybridized carbons (Fsp3) is 0.240. The molecule has 0 saturated carbocycles. The number of amides is 1. The summed E-state index contributed by atoms with van der Waals surface area (Å²) in [6, 6.07) is 7.80. The van der Waals surface area contributed by atoms with E-state index in [2.05, 4.69) is 16.5 Å². The number of anilines is 1. The van der Waals surface area contributed by atoms with E-state index in [9.17, 15) is 23.1 Å². The number of rotatable bonds is 7. The van der Waals surface area contributed by atoms with Crippen molar-refractivity contribution in [3.8, 4) is 11.5 Å². The van der Waals surface area contributed by atoms with Crippen LogP contribution in [0, 0.1) is 0 Å². The van der Waals surface area contributed by atoms with Crippen LogP contribution in [0.3, 0.4) is 0 Å². The van der Waals surface area contributed by atoms with Gasteiger partial charge in [-0.3, -0.25) is 14.7 Å². The molecule has 36 heavy (non-hydrogen) atoms. The molecule has 1 aliphatic rings. The molecular weight excluding hydrogens is 497 g/mol. The van der Waals surface area contributed by atoms with Crippen molar-refractivity contribution in [3.05, 3.63) is 88.6 Å². The van der Waals surface area contributed by atoms with Crippen LogP contribution in [0.25, 0.3) is 0 Å². The van der Waals surface area contributed by atoms with Gasteiger partial charge in [0.2, 0.25) is 0 Å². The molecule has 1 aromatic carbocycles. The van der Waals surface area contributed by atoms with Gasteiger partial charge in [0.15, 0.2) is 0 Å². The molecule has 1 amide bonds. The lowest BCUT2D eigenvalue weighted by atomic mass is 9.97. The fourth-order valence-corrected chi connectivity index (χ4v) is 3.97. The van der Waals surface area contributed by atoms with Crippen LogP contribution in [0.5, 0.6) is 11.5 Å². The first-order chi connectivity index (χ1) is 17.1. The molecule has 3 aromatic rings. The van der Waals surface area contributed by atoms with Crippen LogP contribution < -0.4 is 9.64 Å². The Morgan fingerprint density at radius 2 is 1.89 bits per heavy atom. The first kappa shape index (κ1) is 25.5. The molecule has 4 rings (SSSR count). The molecule has 2 aromatic heterocycles. The lowest BCUT2D eigenvalue weighted by Crippen LogP contribution is -2.44. The molecule has 0 bridgehead atoms. The lowest BCUT2D eigenvalue weighted by Gasteiger charge is -2.37. The minimum Gasteiger partial charge on any atom is -0.454 e. The molecule has 3 heterocycles. The van der Waals surface area contributed by atoms with Gasteiger partial charge in [-0.2, -0.15) is 13.2 Å². The number of hydrogen-bond acceptors (Lipinski definition) is 6. The van der Waals surface area contributed by atoms with E-state index in [1.807, 2.05) is 0 Å². The summed E-state index contributed by atoms with van der Waals surface area (Å²) < 4.78 is 45.5. The van der Waals surface area contributed by atoms with Gasteiger partial charge >= 0.3 is 6.18 Å². The third-order valence-electron chi connectivity index (χ3n) is 5.70. The lowest BCUT2D eigenvalue weighted by molar-refractivity contribution is -0.137. The van der Waals surface area contributed by atoms with Crippen molar-refractivity contribution >= 4 is 23.3 Å². The quantitative estimate of drug-likeness (QED) is 0.458. The number of carbonyl (C=O) groups is 1. The summed E-state index contributed by atoms with van der Waals surface area (Å²) in [4.78, 5) is 24.7. The number of ether oxygens (including phenoxy) is 1. The second-order valence-corrected chi connectivity index (χ2v) is 8.56. The largest absolute Gasteiger partial charge is 0.454 e. The van der Waals surface area contributed by atoms with Crippen molar-refractivity contribution < 1.29 is 27.8 Å². The normalized spacial score (nSPS) is 13.7. The minimum atomic E-state index is -4.60. The van der Waals surface area contributed by atoms with Crippen molar-refractivity contribution in [1.29, 1.82) is 0 Å². The Balaban J connectivity index is 1.84. The number of halogens is 4. The summed E-state index contributed by atoms with van der Waals surface area (Å²) >= 11 is 6.02. The van der Waals surface area contributed by atoms with Crippen molar-refractivity contribution in [3.63, 3.8) is 0 Å². The van der Waals surface area contributed by atoms with E-state index in [4.69, 9.17) is 16.3 Å². The Morgan fingerprint density at radius 3 is 2.56 bits per heavy atom. The number of carbonyl (C=O) groups excluding carboxylic acids is 1. The van der Waals surface area contributed by atoms with Gasteiger partial charge in [0.25, 0.3) is 5.91 Å². The zero-order chi connectivity index (χ0) is 26.0. The van der Waals surface area contributed by atoms with Gasteiger partial charge in [-0.05, 0) is 30.2 Å². The van der Waals surface area contributed by atoms with Gasteiger partial charge in [0.1, 0.15) is 23.1 Å². The molecular formula is C25H22ClF3N4O3. The molecule has 0 radical (unpaired) electrons. The molecule has 0 unspecified atom stereocenters. The van der Waals surface area contributed by atoms with Crippen molar-refractivity contribution in [1.82, 2.24) is 14.9 Å². The molecule has 1 N–H and O–H groups in total. The van der Waals surface area contributed by atoms with Crippen molar-refractivity contribution in [2.75, 3.05) is 25.1 Å². The van der Waals surface area contributed by atoms with E-state index >= 15 is 0 Å². The topological polar surface area (TPSA) is 78.8 Å². The Morgan fingerprint density at radius 1 is 1.17 bits per heavy atom. The third kappa shape index (κ3) is 5.14. The third-order valence-corrected chi connectivity index (χ3v) is 5.96. The van der Waals surface area contributed by atoms with E-state index in [1.54, 1.807) is 36.2 Å². The van der Waals surface area contributed by atoms with Crippen LogP contribution in [0.2, 0.25) is 5.02 Å². The maximum Gasteiger partial charge on any atom is 0.418 e. The Labute approximate surface area is 210 Å². The standard InChI is InChI=1S/C25H22ClF3N4O3/c1-15-32(2)23-22(24(35)33(15)8-3-9-34)20(10-16-4-6-18(26)7-5-16)21(14-31-23)36-19-11-17(12-30-13-19)25(27,28)29/h4-7,11-14,34H,1,3,8-10H2,2H3. The Hall–Kier alpha value is -3.63. The van der Waals surface area contributed by atoms with E-state index in [0.29, 0.717) is 34.8 Å². The molecule has 7 nitrogen and oxygen atoms in total. The highest BCUT2D eigenvalue weighted by Gasteiger charge is 2.36. The molecule has 0 atom stereocenters. The first-order valence-corrected chi connectivity index (χ1v) is 11.3. The summed E-state index contributed by atoms with van der Waals surface area (Å²) in [6.45, 7) is 4.08. The summed E-state index contributed by atoms with van der Waals surface area (Å²) in [5.74, 6) is 0.291. The predicted molar refractivity (Wildman–Crippen MR) is 128 cm³/mol.